The van der Waals surface area contributed by atoms with Crippen LogP contribution >= 0.6 is 0 Å². The molecule has 4 heteroatoms. The van der Waals surface area contributed by atoms with Crippen molar-refractivity contribution in [3.8, 4) is 0 Å². The van der Waals surface area contributed by atoms with E-state index >= 15 is 0 Å². The molecule has 1 aromatic heterocycles. The van der Waals surface area contributed by atoms with E-state index in [1.54, 1.807) is 0 Å². The molecule has 0 atom stereocenters. The smallest absolute Gasteiger partial charge is 0.135 e. The van der Waals surface area contributed by atoms with E-state index in [0.717, 1.165) is 36.5 Å². The molecule has 1 aromatic rings. The molecule has 0 saturated heterocycles. The fourth-order valence-electron chi connectivity index (χ4n) is 2.99. The molecule has 0 spiro atoms. The summed E-state index contributed by atoms with van der Waals surface area (Å²) in [5.74, 6) is 4.11. The zero-order chi connectivity index (χ0) is 15.1. The second-order valence-corrected chi connectivity index (χ2v) is 6.40. The molecule has 21 heavy (non-hydrogen) atoms. The maximum absolute atomic E-state index is 4.62. The molecule has 4 nitrogen and oxygen atoms in total. The normalized spacial score (nSPS) is 15.6. The number of hydrogen-bond acceptors (Lipinski definition) is 4. The molecule has 2 N–H and O–H groups in total. The Morgan fingerprint density at radius 2 is 1.81 bits per heavy atom. The molecule has 0 amide bonds. The first kappa shape index (κ1) is 16.1. The second kappa shape index (κ2) is 8.20. The van der Waals surface area contributed by atoms with E-state index in [1.165, 1.54) is 38.5 Å². The van der Waals surface area contributed by atoms with Crippen molar-refractivity contribution in [3.63, 3.8) is 0 Å². The highest BCUT2D eigenvalue weighted by molar-refractivity contribution is 5.47. The van der Waals surface area contributed by atoms with Gasteiger partial charge in [0.25, 0.3) is 0 Å². The Bertz CT molecular complexity index is 425. The first-order valence-corrected chi connectivity index (χ1v) is 8.55. The highest BCUT2D eigenvalue weighted by Gasteiger charge is 2.14. The molecule has 1 aliphatic carbocycles. The summed E-state index contributed by atoms with van der Waals surface area (Å²) in [6, 6.07) is 2.02. The summed E-state index contributed by atoms with van der Waals surface area (Å²) in [6.07, 6.45) is 8.35. The summed E-state index contributed by atoms with van der Waals surface area (Å²) in [5, 5.41) is 6.76. The Morgan fingerprint density at radius 1 is 1.14 bits per heavy atom. The predicted octanol–water partition coefficient (Wildman–Crippen LogP) is 4.41. The standard InChI is InChI=1S/C17H30N4/c1-4-18-15-12-16(21-17(20-15)13(2)3)19-11-7-10-14-8-5-6-9-14/h12-14H,4-11H2,1-3H3,(H2,18,19,20,21). The lowest BCUT2D eigenvalue weighted by molar-refractivity contribution is 0.491. The number of rotatable bonds is 8. The van der Waals surface area contributed by atoms with Crippen molar-refractivity contribution in [3.05, 3.63) is 11.9 Å². The Hall–Kier alpha value is -1.32. The van der Waals surface area contributed by atoms with Crippen LogP contribution in [0.5, 0.6) is 0 Å². The number of aromatic nitrogens is 2. The van der Waals surface area contributed by atoms with Crippen molar-refractivity contribution in [2.24, 2.45) is 5.92 Å². The molecule has 0 unspecified atom stereocenters. The van der Waals surface area contributed by atoms with E-state index in [0.29, 0.717) is 5.92 Å². The SMILES string of the molecule is CCNc1cc(NCCCC2CCCC2)nc(C(C)C)n1. The molecular weight excluding hydrogens is 260 g/mol. The maximum Gasteiger partial charge on any atom is 0.135 e. The number of nitrogens with zero attached hydrogens (tertiary/aromatic N) is 2. The number of anilines is 2. The summed E-state index contributed by atoms with van der Waals surface area (Å²) < 4.78 is 0. The van der Waals surface area contributed by atoms with Crippen LogP contribution in [-0.2, 0) is 0 Å². The molecule has 2 rings (SSSR count). The first-order valence-electron chi connectivity index (χ1n) is 8.55. The molecule has 0 bridgehead atoms. The third-order valence-electron chi connectivity index (χ3n) is 4.19. The van der Waals surface area contributed by atoms with Crippen LogP contribution in [0.15, 0.2) is 6.07 Å². The van der Waals surface area contributed by atoms with E-state index in [-0.39, 0.29) is 0 Å². The molecule has 1 aliphatic rings. The Morgan fingerprint density at radius 3 is 2.43 bits per heavy atom. The second-order valence-electron chi connectivity index (χ2n) is 6.40. The Kier molecular flexibility index (Phi) is 6.27. The topological polar surface area (TPSA) is 49.8 Å². The van der Waals surface area contributed by atoms with E-state index in [2.05, 4.69) is 41.4 Å². The fourth-order valence-corrected chi connectivity index (χ4v) is 2.99. The van der Waals surface area contributed by atoms with Crippen LogP contribution in [0.25, 0.3) is 0 Å². The summed E-state index contributed by atoms with van der Waals surface area (Å²) in [6.45, 7) is 8.25. The van der Waals surface area contributed by atoms with Gasteiger partial charge in [0.15, 0.2) is 0 Å². The molecule has 0 radical (unpaired) electrons. The molecule has 1 saturated carbocycles. The number of nitrogens with one attached hydrogen (secondary N) is 2. The monoisotopic (exact) mass is 290 g/mol. The van der Waals surface area contributed by atoms with Crippen LogP contribution in [0.2, 0.25) is 0 Å². The van der Waals surface area contributed by atoms with E-state index in [9.17, 15) is 0 Å². The Labute approximate surface area is 129 Å². The summed E-state index contributed by atoms with van der Waals surface area (Å²) in [7, 11) is 0. The van der Waals surface area contributed by atoms with Gasteiger partial charge in [-0.2, -0.15) is 0 Å². The van der Waals surface area contributed by atoms with E-state index < -0.39 is 0 Å². The largest absolute Gasteiger partial charge is 0.370 e. The zero-order valence-electron chi connectivity index (χ0n) is 13.8. The third kappa shape index (κ3) is 5.18. The summed E-state index contributed by atoms with van der Waals surface area (Å²) in [5.41, 5.74) is 0. The van der Waals surface area contributed by atoms with Crippen LogP contribution in [0.3, 0.4) is 0 Å². The highest BCUT2D eigenvalue weighted by Crippen LogP contribution is 2.28. The fraction of sp³-hybridized carbons (Fsp3) is 0.765. The van der Waals surface area contributed by atoms with Gasteiger partial charge in [-0.05, 0) is 25.7 Å². The van der Waals surface area contributed by atoms with Crippen molar-refractivity contribution < 1.29 is 0 Å². The van der Waals surface area contributed by atoms with Gasteiger partial charge in [-0.25, -0.2) is 9.97 Å². The minimum atomic E-state index is 0.350. The van der Waals surface area contributed by atoms with Crippen LogP contribution in [0.1, 0.15) is 71.0 Å². The van der Waals surface area contributed by atoms with E-state index in [4.69, 9.17) is 0 Å². The van der Waals surface area contributed by atoms with Gasteiger partial charge in [-0.3, -0.25) is 0 Å². The Balaban J connectivity index is 1.85. The van der Waals surface area contributed by atoms with Gasteiger partial charge in [-0.15, -0.1) is 0 Å². The minimum absolute atomic E-state index is 0.350. The lowest BCUT2D eigenvalue weighted by Crippen LogP contribution is -2.10. The van der Waals surface area contributed by atoms with Crippen molar-refractivity contribution >= 4 is 11.6 Å². The quantitative estimate of drug-likeness (QED) is 0.696. The molecular formula is C17H30N4. The molecule has 1 fully saturated rings. The maximum atomic E-state index is 4.62. The highest BCUT2D eigenvalue weighted by atomic mass is 15.1. The van der Waals surface area contributed by atoms with Crippen molar-refractivity contribution in [1.29, 1.82) is 0 Å². The minimum Gasteiger partial charge on any atom is -0.370 e. The summed E-state index contributed by atoms with van der Waals surface area (Å²) >= 11 is 0. The summed E-state index contributed by atoms with van der Waals surface area (Å²) in [4.78, 5) is 9.17. The van der Waals surface area contributed by atoms with Crippen molar-refractivity contribution in [1.82, 2.24) is 9.97 Å². The molecule has 1 heterocycles. The van der Waals surface area contributed by atoms with Gasteiger partial charge >= 0.3 is 0 Å². The molecule has 118 valence electrons. The predicted molar refractivity (Wildman–Crippen MR) is 90.0 cm³/mol. The average molecular weight is 290 g/mol. The lowest BCUT2D eigenvalue weighted by atomic mass is 10.0. The van der Waals surface area contributed by atoms with Gasteiger partial charge in [0, 0.05) is 25.1 Å². The average Bonchev–Trinajstić information content (AvgIpc) is 2.97. The van der Waals surface area contributed by atoms with Crippen LogP contribution in [-0.4, -0.2) is 23.1 Å². The van der Waals surface area contributed by atoms with Gasteiger partial charge < -0.3 is 10.6 Å². The zero-order valence-corrected chi connectivity index (χ0v) is 13.8. The van der Waals surface area contributed by atoms with Crippen molar-refractivity contribution in [2.75, 3.05) is 23.7 Å². The van der Waals surface area contributed by atoms with Crippen LogP contribution in [0, 0.1) is 5.92 Å². The van der Waals surface area contributed by atoms with E-state index in [1.807, 2.05) is 6.07 Å². The molecule has 0 aliphatic heterocycles. The number of hydrogen-bond donors (Lipinski definition) is 2. The molecule has 0 aromatic carbocycles. The van der Waals surface area contributed by atoms with Gasteiger partial charge in [0.05, 0.1) is 0 Å². The lowest BCUT2D eigenvalue weighted by Gasteiger charge is -2.13. The van der Waals surface area contributed by atoms with Gasteiger partial charge in [0.1, 0.15) is 17.5 Å². The van der Waals surface area contributed by atoms with Gasteiger partial charge in [-0.1, -0.05) is 39.5 Å². The van der Waals surface area contributed by atoms with Gasteiger partial charge in [0.2, 0.25) is 0 Å². The van der Waals surface area contributed by atoms with Crippen molar-refractivity contribution in [2.45, 2.75) is 65.2 Å². The van der Waals surface area contributed by atoms with Crippen LogP contribution < -0.4 is 10.6 Å². The third-order valence-corrected chi connectivity index (χ3v) is 4.19. The first-order chi connectivity index (χ1) is 10.2. The van der Waals surface area contributed by atoms with Crippen LogP contribution in [0.4, 0.5) is 11.6 Å².